The van der Waals surface area contributed by atoms with Crippen molar-refractivity contribution in [1.82, 2.24) is 4.72 Å². The lowest BCUT2D eigenvalue weighted by Crippen LogP contribution is -2.27. The van der Waals surface area contributed by atoms with Crippen LogP contribution in [0.4, 0.5) is 0 Å². The Morgan fingerprint density at radius 1 is 1.05 bits per heavy atom. The second-order valence-electron chi connectivity index (χ2n) is 5.70. The average Bonchev–Trinajstić information content (AvgIpc) is 2.46. The van der Waals surface area contributed by atoms with E-state index in [1.807, 2.05) is 52.0 Å². The topological polar surface area (TPSA) is 46.2 Å². The van der Waals surface area contributed by atoms with Crippen molar-refractivity contribution >= 4 is 10.0 Å². The summed E-state index contributed by atoms with van der Waals surface area (Å²) in [6.45, 7) is 7.95. The minimum absolute atomic E-state index is 0.267. The van der Waals surface area contributed by atoms with Gasteiger partial charge >= 0.3 is 0 Å². The van der Waals surface area contributed by atoms with Crippen molar-refractivity contribution in [2.45, 2.75) is 45.1 Å². The first-order valence-corrected chi connectivity index (χ1v) is 9.00. The lowest BCUT2D eigenvalue weighted by Gasteiger charge is -2.17. The second kappa shape index (κ2) is 6.63. The van der Waals surface area contributed by atoms with E-state index in [1.165, 1.54) is 5.56 Å². The molecule has 0 aliphatic carbocycles. The molecule has 0 aromatic heterocycles. The van der Waals surface area contributed by atoms with E-state index in [2.05, 4.69) is 10.8 Å². The molecule has 0 aliphatic rings. The monoisotopic (exact) mass is 317 g/mol. The van der Waals surface area contributed by atoms with Crippen molar-refractivity contribution in [2.75, 3.05) is 0 Å². The van der Waals surface area contributed by atoms with Gasteiger partial charge in [0, 0.05) is 6.04 Å². The van der Waals surface area contributed by atoms with Crippen molar-refractivity contribution in [3.8, 4) is 0 Å². The largest absolute Gasteiger partial charge is 0.241 e. The maximum absolute atomic E-state index is 12.5. The lowest BCUT2D eigenvalue weighted by molar-refractivity contribution is 0.566. The average molecular weight is 317 g/mol. The van der Waals surface area contributed by atoms with Crippen molar-refractivity contribution in [3.05, 3.63) is 64.7 Å². The van der Waals surface area contributed by atoms with Crippen LogP contribution in [0.2, 0.25) is 0 Å². The molecular weight excluding hydrogens is 294 g/mol. The van der Waals surface area contributed by atoms with Crippen molar-refractivity contribution < 1.29 is 8.42 Å². The molecular formula is C18H23NO2S. The van der Waals surface area contributed by atoms with E-state index in [9.17, 15) is 8.42 Å². The number of hydrogen-bond acceptors (Lipinski definition) is 2. The summed E-state index contributed by atoms with van der Waals surface area (Å²) in [5, 5.41) is 0. The Hall–Kier alpha value is -1.65. The highest BCUT2D eigenvalue weighted by Crippen LogP contribution is 2.21. The maximum Gasteiger partial charge on any atom is 0.241 e. The van der Waals surface area contributed by atoms with E-state index < -0.39 is 10.0 Å². The van der Waals surface area contributed by atoms with Gasteiger partial charge in [-0.3, -0.25) is 0 Å². The second-order valence-corrected chi connectivity index (χ2v) is 7.41. The molecule has 118 valence electrons. The summed E-state index contributed by atoms with van der Waals surface area (Å²) >= 11 is 0. The summed E-state index contributed by atoms with van der Waals surface area (Å²) in [7, 11) is -3.51. The van der Waals surface area contributed by atoms with Gasteiger partial charge in [0.05, 0.1) is 4.90 Å². The highest BCUT2D eigenvalue weighted by atomic mass is 32.2. The first-order chi connectivity index (χ1) is 10.3. The number of nitrogens with one attached hydrogen (secondary N) is 1. The van der Waals surface area contributed by atoms with Crippen LogP contribution in [0.5, 0.6) is 0 Å². The van der Waals surface area contributed by atoms with Crippen LogP contribution < -0.4 is 4.72 Å². The molecule has 4 heteroatoms. The Kier molecular flexibility index (Phi) is 5.04. The van der Waals surface area contributed by atoms with Crippen LogP contribution in [0.3, 0.4) is 0 Å². The van der Waals surface area contributed by atoms with Crippen LogP contribution in [0, 0.1) is 13.8 Å². The van der Waals surface area contributed by atoms with Crippen LogP contribution in [0.1, 0.15) is 42.1 Å². The fourth-order valence-corrected chi connectivity index (χ4v) is 3.80. The van der Waals surface area contributed by atoms with Crippen molar-refractivity contribution in [3.63, 3.8) is 0 Å². The lowest BCUT2D eigenvalue weighted by atomic mass is 10.0. The molecule has 22 heavy (non-hydrogen) atoms. The fraction of sp³-hybridized carbons (Fsp3) is 0.333. The van der Waals surface area contributed by atoms with Gasteiger partial charge in [-0.2, -0.15) is 0 Å². The van der Waals surface area contributed by atoms with Gasteiger partial charge in [0.25, 0.3) is 0 Å². The van der Waals surface area contributed by atoms with E-state index in [0.29, 0.717) is 4.90 Å². The van der Waals surface area contributed by atoms with E-state index in [4.69, 9.17) is 0 Å². The summed E-state index contributed by atoms with van der Waals surface area (Å²) in [5.74, 6) is 0. The molecule has 0 saturated heterocycles. The van der Waals surface area contributed by atoms with Gasteiger partial charge in [-0.15, -0.1) is 0 Å². The molecule has 2 aromatic rings. The van der Waals surface area contributed by atoms with Crippen LogP contribution >= 0.6 is 0 Å². The summed E-state index contributed by atoms with van der Waals surface area (Å²) in [6, 6.07) is 12.8. The number of aryl methyl sites for hydroxylation is 3. The summed E-state index contributed by atoms with van der Waals surface area (Å²) in [5.41, 5.74) is 4.39. The smallest absolute Gasteiger partial charge is 0.207 e. The molecule has 0 spiro atoms. The third-order valence-electron chi connectivity index (χ3n) is 3.87. The number of hydrogen-bond donors (Lipinski definition) is 1. The van der Waals surface area contributed by atoms with Gasteiger partial charge in [0.1, 0.15) is 0 Å². The van der Waals surface area contributed by atoms with Crippen LogP contribution in [0.25, 0.3) is 0 Å². The minimum atomic E-state index is -3.51. The van der Waals surface area contributed by atoms with Crippen molar-refractivity contribution in [2.24, 2.45) is 0 Å². The molecule has 2 rings (SSSR count). The quantitative estimate of drug-likeness (QED) is 0.909. The van der Waals surface area contributed by atoms with E-state index in [0.717, 1.165) is 23.1 Å². The maximum atomic E-state index is 12.5. The van der Waals surface area contributed by atoms with Crippen LogP contribution in [-0.2, 0) is 16.4 Å². The Labute approximate surface area is 133 Å². The van der Waals surface area contributed by atoms with Gasteiger partial charge in [0.15, 0.2) is 0 Å². The van der Waals surface area contributed by atoms with Gasteiger partial charge in [-0.25, -0.2) is 13.1 Å². The Bertz CT molecular complexity index is 749. The van der Waals surface area contributed by atoms with Crippen molar-refractivity contribution in [1.29, 1.82) is 0 Å². The molecule has 0 amide bonds. The zero-order valence-electron chi connectivity index (χ0n) is 13.6. The zero-order valence-corrected chi connectivity index (χ0v) is 14.4. The fourth-order valence-electron chi connectivity index (χ4n) is 2.58. The molecule has 0 bridgehead atoms. The molecule has 0 radical (unpaired) electrons. The zero-order chi connectivity index (χ0) is 16.3. The van der Waals surface area contributed by atoms with Gasteiger partial charge in [-0.1, -0.05) is 42.8 Å². The first-order valence-electron chi connectivity index (χ1n) is 7.52. The molecule has 0 aliphatic heterocycles. The number of benzene rings is 2. The Morgan fingerprint density at radius 2 is 1.68 bits per heavy atom. The SMILES string of the molecule is CCc1ccc(S(=O)(=O)NC(C)c2ccc(C)cc2C)cc1. The third-order valence-corrected chi connectivity index (χ3v) is 5.42. The Morgan fingerprint density at radius 3 is 2.23 bits per heavy atom. The summed E-state index contributed by atoms with van der Waals surface area (Å²) < 4.78 is 27.7. The number of rotatable bonds is 5. The van der Waals surface area contributed by atoms with Crippen LogP contribution in [0.15, 0.2) is 47.4 Å². The molecule has 0 saturated carbocycles. The molecule has 1 N–H and O–H groups in total. The van der Waals surface area contributed by atoms with E-state index in [1.54, 1.807) is 12.1 Å². The Balaban J connectivity index is 2.23. The summed E-state index contributed by atoms with van der Waals surface area (Å²) in [4.78, 5) is 0.307. The number of sulfonamides is 1. The van der Waals surface area contributed by atoms with E-state index in [-0.39, 0.29) is 6.04 Å². The molecule has 3 nitrogen and oxygen atoms in total. The third kappa shape index (κ3) is 3.76. The predicted octanol–water partition coefficient (Wildman–Crippen LogP) is 3.91. The predicted molar refractivity (Wildman–Crippen MR) is 90.5 cm³/mol. The molecule has 0 heterocycles. The van der Waals surface area contributed by atoms with E-state index >= 15 is 0 Å². The molecule has 0 fully saturated rings. The van der Waals surface area contributed by atoms with Gasteiger partial charge in [-0.05, 0) is 56.0 Å². The first kappa shape index (κ1) is 16.7. The highest BCUT2D eigenvalue weighted by Gasteiger charge is 2.19. The minimum Gasteiger partial charge on any atom is -0.207 e. The molecule has 2 aromatic carbocycles. The normalized spacial score (nSPS) is 13.1. The standard InChI is InChI=1S/C18H23NO2S/c1-5-16-7-9-17(10-8-16)22(20,21)19-15(4)18-11-6-13(2)12-14(18)3/h6-12,15,19H,5H2,1-4H3. The summed E-state index contributed by atoms with van der Waals surface area (Å²) in [6.07, 6.45) is 0.896. The van der Waals surface area contributed by atoms with Gasteiger partial charge < -0.3 is 0 Å². The molecule has 1 atom stereocenters. The molecule has 1 unspecified atom stereocenters. The van der Waals surface area contributed by atoms with Gasteiger partial charge in [0.2, 0.25) is 10.0 Å². The van der Waals surface area contributed by atoms with Crippen LogP contribution in [-0.4, -0.2) is 8.42 Å². The highest BCUT2D eigenvalue weighted by molar-refractivity contribution is 7.89.